The van der Waals surface area contributed by atoms with Gasteiger partial charge in [0.2, 0.25) is 15.9 Å². The minimum absolute atomic E-state index is 0.00470. The molecule has 0 heterocycles. The van der Waals surface area contributed by atoms with Crippen molar-refractivity contribution in [3.8, 4) is 0 Å². The van der Waals surface area contributed by atoms with Crippen LogP contribution in [0.1, 0.15) is 0 Å². The van der Waals surface area contributed by atoms with Gasteiger partial charge in [0.1, 0.15) is 0 Å². The first-order valence-corrected chi connectivity index (χ1v) is 8.97. The second kappa shape index (κ2) is 8.00. The van der Waals surface area contributed by atoms with Crippen molar-refractivity contribution in [2.75, 3.05) is 37.5 Å². The molecule has 1 rings (SSSR count). The zero-order chi connectivity index (χ0) is 16.0. The van der Waals surface area contributed by atoms with Gasteiger partial charge in [-0.1, -0.05) is 11.6 Å². The van der Waals surface area contributed by atoms with Gasteiger partial charge in [0.15, 0.2) is 0 Å². The van der Waals surface area contributed by atoms with Gasteiger partial charge in [-0.25, -0.2) is 12.7 Å². The Morgan fingerprint density at radius 2 is 2.10 bits per heavy atom. The average molecular weight is 353 g/mol. The Kier molecular flexibility index (Phi) is 6.95. The molecule has 1 aromatic carbocycles. The highest BCUT2D eigenvalue weighted by Crippen LogP contribution is 2.26. The third-order valence-electron chi connectivity index (χ3n) is 2.46. The Hall–Kier alpha value is -0.800. The number of nitrogens with zero attached hydrogens (tertiary/aromatic N) is 1. The lowest BCUT2D eigenvalue weighted by Gasteiger charge is -2.13. The summed E-state index contributed by atoms with van der Waals surface area (Å²) in [6.07, 6.45) is 0. The molecule has 0 saturated heterocycles. The smallest absolute Gasteiger partial charge is 0.242 e. The number of hydrogen-bond donors (Lipinski definition) is 2. The molecule has 0 aromatic heterocycles. The van der Waals surface area contributed by atoms with E-state index in [9.17, 15) is 13.2 Å². The molecule has 0 unspecified atom stereocenters. The minimum atomic E-state index is -3.59. The first-order valence-electron chi connectivity index (χ1n) is 5.99. The van der Waals surface area contributed by atoms with Gasteiger partial charge in [0.05, 0.1) is 28.0 Å². The number of thioether (sulfide) groups is 1. The number of amides is 1. The van der Waals surface area contributed by atoms with Gasteiger partial charge >= 0.3 is 0 Å². The van der Waals surface area contributed by atoms with Crippen LogP contribution in [0.15, 0.2) is 23.1 Å². The number of sulfonamides is 1. The lowest BCUT2D eigenvalue weighted by Crippen LogP contribution is -2.22. The fourth-order valence-electron chi connectivity index (χ4n) is 1.39. The summed E-state index contributed by atoms with van der Waals surface area (Å²) < 4.78 is 25.1. The lowest BCUT2D eigenvalue weighted by molar-refractivity contribution is -0.113. The van der Waals surface area contributed by atoms with E-state index >= 15 is 0 Å². The Bertz CT molecular complexity index is 605. The highest BCUT2D eigenvalue weighted by Gasteiger charge is 2.19. The van der Waals surface area contributed by atoms with Crippen molar-refractivity contribution in [1.82, 2.24) is 4.31 Å². The molecule has 1 amide bonds. The lowest BCUT2D eigenvalue weighted by atomic mass is 10.3. The van der Waals surface area contributed by atoms with Gasteiger partial charge in [-0.2, -0.15) is 0 Å². The number of hydrogen-bond acceptors (Lipinski definition) is 5. The SMILES string of the molecule is CN(C)S(=O)(=O)c1ccc(Cl)c(NC(=O)CSCCO)c1. The average Bonchev–Trinajstić information content (AvgIpc) is 2.41. The van der Waals surface area contributed by atoms with Crippen molar-refractivity contribution < 1.29 is 18.3 Å². The molecule has 0 bridgehead atoms. The molecule has 118 valence electrons. The molecule has 0 radical (unpaired) electrons. The van der Waals surface area contributed by atoms with E-state index in [0.717, 1.165) is 4.31 Å². The number of nitrogens with one attached hydrogen (secondary N) is 1. The van der Waals surface area contributed by atoms with Crippen molar-refractivity contribution in [3.63, 3.8) is 0 Å². The molecule has 1 aromatic rings. The number of aliphatic hydroxyl groups is 1. The third kappa shape index (κ3) is 5.15. The topological polar surface area (TPSA) is 86.7 Å². The van der Waals surface area contributed by atoms with Crippen LogP contribution < -0.4 is 5.32 Å². The summed E-state index contributed by atoms with van der Waals surface area (Å²) in [5.74, 6) is 0.298. The van der Waals surface area contributed by atoms with Crippen molar-refractivity contribution in [2.24, 2.45) is 0 Å². The summed E-state index contributed by atoms with van der Waals surface area (Å²) in [4.78, 5) is 11.8. The Labute approximate surface area is 133 Å². The van der Waals surface area contributed by atoms with E-state index in [4.69, 9.17) is 16.7 Å². The summed E-state index contributed by atoms with van der Waals surface area (Å²) in [5, 5.41) is 11.5. The molecule has 0 spiro atoms. The number of halogens is 1. The van der Waals surface area contributed by atoms with Crippen molar-refractivity contribution in [2.45, 2.75) is 4.90 Å². The molecule has 2 N–H and O–H groups in total. The van der Waals surface area contributed by atoms with Crippen molar-refractivity contribution >= 4 is 45.0 Å². The number of benzene rings is 1. The van der Waals surface area contributed by atoms with Crippen molar-refractivity contribution in [3.05, 3.63) is 23.2 Å². The third-order valence-corrected chi connectivity index (χ3v) is 5.54. The maximum absolute atomic E-state index is 12.0. The van der Waals surface area contributed by atoms with Crippen LogP contribution in [0.5, 0.6) is 0 Å². The molecule has 21 heavy (non-hydrogen) atoms. The summed E-state index contributed by atoms with van der Waals surface area (Å²) in [7, 11) is -0.739. The van der Waals surface area contributed by atoms with E-state index in [0.29, 0.717) is 5.75 Å². The largest absolute Gasteiger partial charge is 0.396 e. The Morgan fingerprint density at radius 3 is 2.67 bits per heavy atom. The maximum Gasteiger partial charge on any atom is 0.242 e. The van der Waals surface area contributed by atoms with E-state index < -0.39 is 10.0 Å². The number of carbonyl (C=O) groups is 1. The molecule has 0 aliphatic carbocycles. The molecule has 0 atom stereocenters. The Morgan fingerprint density at radius 1 is 1.43 bits per heavy atom. The number of carbonyl (C=O) groups excluding carboxylic acids is 1. The van der Waals surface area contributed by atoms with Crippen LogP contribution in [0.4, 0.5) is 5.69 Å². The first-order chi connectivity index (χ1) is 9.78. The quantitative estimate of drug-likeness (QED) is 0.721. The van der Waals surface area contributed by atoms with Crippen LogP contribution in [0.2, 0.25) is 5.02 Å². The van der Waals surface area contributed by atoms with E-state index in [1.807, 2.05) is 0 Å². The van der Waals surface area contributed by atoms with E-state index in [1.54, 1.807) is 0 Å². The zero-order valence-electron chi connectivity index (χ0n) is 11.7. The first kappa shape index (κ1) is 18.2. The zero-order valence-corrected chi connectivity index (χ0v) is 14.1. The second-order valence-corrected chi connectivity index (χ2v) is 7.92. The molecule has 0 saturated carbocycles. The monoisotopic (exact) mass is 352 g/mol. The second-order valence-electron chi connectivity index (χ2n) is 4.25. The predicted molar refractivity (Wildman–Crippen MR) is 85.4 cm³/mol. The standard InChI is InChI=1S/C12H17ClN2O4S2/c1-15(2)21(18,19)9-3-4-10(13)11(7-9)14-12(17)8-20-6-5-16/h3-4,7,16H,5-6,8H2,1-2H3,(H,14,17). The molecular weight excluding hydrogens is 336 g/mol. The van der Waals surface area contributed by atoms with Crippen LogP contribution in [-0.4, -0.2) is 55.9 Å². The molecular formula is C12H17ClN2O4S2. The van der Waals surface area contributed by atoms with E-state index in [-0.39, 0.29) is 33.9 Å². The predicted octanol–water partition coefficient (Wildman–Crippen LogP) is 1.25. The summed E-state index contributed by atoms with van der Waals surface area (Å²) in [5.41, 5.74) is 0.245. The van der Waals surface area contributed by atoms with E-state index in [2.05, 4.69) is 5.32 Å². The highest BCUT2D eigenvalue weighted by molar-refractivity contribution is 7.99. The number of anilines is 1. The van der Waals surface area contributed by atoms with Crippen LogP contribution in [0.3, 0.4) is 0 Å². The van der Waals surface area contributed by atoms with Gasteiger partial charge in [-0.05, 0) is 18.2 Å². The minimum Gasteiger partial charge on any atom is -0.396 e. The van der Waals surface area contributed by atoms with Crippen LogP contribution in [-0.2, 0) is 14.8 Å². The molecule has 6 nitrogen and oxygen atoms in total. The van der Waals surface area contributed by atoms with E-state index in [1.165, 1.54) is 44.1 Å². The van der Waals surface area contributed by atoms with Gasteiger partial charge < -0.3 is 10.4 Å². The van der Waals surface area contributed by atoms with Crippen molar-refractivity contribution in [1.29, 1.82) is 0 Å². The van der Waals surface area contributed by atoms with Gasteiger partial charge in [-0.3, -0.25) is 4.79 Å². The van der Waals surface area contributed by atoms with Crippen LogP contribution in [0, 0.1) is 0 Å². The van der Waals surface area contributed by atoms with Gasteiger partial charge in [-0.15, -0.1) is 11.8 Å². The molecule has 0 fully saturated rings. The summed E-state index contributed by atoms with van der Waals surface area (Å²) in [6.45, 7) is -0.00470. The van der Waals surface area contributed by atoms with Gasteiger partial charge in [0.25, 0.3) is 0 Å². The highest BCUT2D eigenvalue weighted by atomic mass is 35.5. The Balaban J connectivity index is 2.91. The number of rotatable bonds is 7. The number of aliphatic hydroxyl groups excluding tert-OH is 1. The summed E-state index contributed by atoms with van der Waals surface area (Å²) >= 11 is 7.23. The molecule has 9 heteroatoms. The molecule has 0 aliphatic rings. The fourth-order valence-corrected chi connectivity index (χ4v) is 3.01. The van der Waals surface area contributed by atoms with Crippen LogP contribution in [0.25, 0.3) is 0 Å². The van der Waals surface area contributed by atoms with Gasteiger partial charge in [0, 0.05) is 19.8 Å². The maximum atomic E-state index is 12.0. The summed E-state index contributed by atoms with van der Waals surface area (Å²) in [6, 6.07) is 4.13. The molecule has 0 aliphatic heterocycles. The fraction of sp³-hybridized carbons (Fsp3) is 0.417. The van der Waals surface area contributed by atoms with Crippen LogP contribution >= 0.6 is 23.4 Å². The normalized spacial score (nSPS) is 11.7.